The van der Waals surface area contributed by atoms with E-state index in [2.05, 4.69) is 0 Å². The molecule has 2 rings (SSSR count). The summed E-state index contributed by atoms with van der Waals surface area (Å²) in [6, 6.07) is 3.87. The van der Waals surface area contributed by atoms with Crippen LogP contribution in [0.5, 0.6) is 0 Å². The van der Waals surface area contributed by atoms with Gasteiger partial charge in [-0.05, 0) is 68.1 Å². The molecule has 0 N–H and O–H groups in total. The summed E-state index contributed by atoms with van der Waals surface area (Å²) in [4.78, 5) is 11.6. The molecule has 2 nitrogen and oxygen atoms in total. The number of rotatable bonds is 6. The largest absolute Gasteiger partial charge is 0.612 e. The molecule has 0 aliphatic heterocycles. The van der Waals surface area contributed by atoms with E-state index in [4.69, 9.17) is 0 Å². The lowest BCUT2D eigenvalue weighted by Crippen LogP contribution is -2.11. The van der Waals surface area contributed by atoms with Gasteiger partial charge in [0.05, 0.1) is 0 Å². The molecule has 0 spiro atoms. The van der Waals surface area contributed by atoms with Gasteiger partial charge in [0.1, 0.15) is 5.41 Å². The Morgan fingerprint density at radius 3 is 2.37 bits per heavy atom. The first-order valence-corrected chi connectivity index (χ1v) is 8.81. The Hall–Kier alpha value is -1.14. The third-order valence-corrected chi connectivity index (χ3v) is 4.66. The molecule has 2 aromatic heterocycles. The number of thiophene rings is 2. The molecule has 2 aromatic rings. The zero-order chi connectivity index (χ0) is 13.5. The summed E-state index contributed by atoms with van der Waals surface area (Å²) in [5.74, 6) is -0.0964. The highest BCUT2D eigenvalue weighted by atomic mass is 32.2. The van der Waals surface area contributed by atoms with E-state index < -0.39 is 11.2 Å². The Bertz CT molecular complexity index is 554. The van der Waals surface area contributed by atoms with E-state index in [1.54, 1.807) is 40.2 Å². The Kier molecular flexibility index (Phi) is 5.60. The molecular weight excluding hydrogens is 296 g/mol. The van der Waals surface area contributed by atoms with Crippen LogP contribution in [-0.2, 0) is 16.0 Å². The third-order valence-electron chi connectivity index (χ3n) is 2.24. The number of carbonyl (C=O) groups is 1. The smallest absolute Gasteiger partial charge is 0.205 e. The highest BCUT2D eigenvalue weighted by Crippen LogP contribution is 2.10. The van der Waals surface area contributed by atoms with Crippen molar-refractivity contribution in [2.75, 3.05) is 5.75 Å². The first-order valence-electron chi connectivity index (χ1n) is 5.55. The lowest BCUT2D eigenvalue weighted by molar-refractivity contribution is -0.112. The Morgan fingerprint density at radius 2 is 1.79 bits per heavy atom. The second-order valence-electron chi connectivity index (χ2n) is 3.74. The van der Waals surface area contributed by atoms with Crippen LogP contribution < -0.4 is 0 Å². The van der Waals surface area contributed by atoms with Crippen molar-refractivity contribution >= 4 is 51.8 Å². The molecular formula is C14H12O2S3. The fraction of sp³-hybridized carbons (Fsp3) is 0.0714. The predicted molar refractivity (Wildman–Crippen MR) is 84.7 cm³/mol. The van der Waals surface area contributed by atoms with Gasteiger partial charge in [0.15, 0.2) is 5.75 Å². The molecule has 0 saturated carbocycles. The van der Waals surface area contributed by atoms with E-state index in [0.29, 0.717) is 0 Å². The van der Waals surface area contributed by atoms with Gasteiger partial charge in [-0.25, -0.2) is 0 Å². The highest BCUT2D eigenvalue weighted by Gasteiger charge is 2.07. The molecule has 0 saturated heterocycles. The van der Waals surface area contributed by atoms with E-state index in [1.165, 1.54) is 6.08 Å². The Labute approximate surface area is 123 Å². The van der Waals surface area contributed by atoms with Crippen molar-refractivity contribution in [3.8, 4) is 0 Å². The summed E-state index contributed by atoms with van der Waals surface area (Å²) < 4.78 is 11.7. The molecule has 0 amide bonds. The van der Waals surface area contributed by atoms with Crippen molar-refractivity contribution in [3.63, 3.8) is 0 Å². The van der Waals surface area contributed by atoms with E-state index >= 15 is 0 Å². The molecule has 5 heteroatoms. The van der Waals surface area contributed by atoms with Gasteiger partial charge in [0.25, 0.3) is 0 Å². The minimum absolute atomic E-state index is 0.0290. The molecule has 0 aliphatic carbocycles. The molecule has 1 atom stereocenters. The van der Waals surface area contributed by atoms with Crippen LogP contribution in [0.4, 0.5) is 0 Å². The number of ketones is 1. The van der Waals surface area contributed by atoms with Crippen molar-refractivity contribution < 1.29 is 9.35 Å². The summed E-state index contributed by atoms with van der Waals surface area (Å²) in [5, 5.41) is 9.39. The zero-order valence-electron chi connectivity index (χ0n) is 10.0. The monoisotopic (exact) mass is 308 g/mol. The normalized spacial score (nSPS) is 13.3. The fourth-order valence-electron chi connectivity index (χ4n) is 1.32. The molecule has 2 heterocycles. The van der Waals surface area contributed by atoms with E-state index in [1.807, 2.05) is 33.7 Å². The summed E-state index contributed by atoms with van der Waals surface area (Å²) in [7, 11) is 0. The van der Waals surface area contributed by atoms with Gasteiger partial charge in [-0.15, -0.1) is 0 Å². The number of allylic oxidation sites excluding steroid dienone is 1. The zero-order valence-corrected chi connectivity index (χ0v) is 12.5. The second kappa shape index (κ2) is 7.45. The van der Waals surface area contributed by atoms with Gasteiger partial charge in [-0.1, -0.05) is 6.08 Å². The minimum Gasteiger partial charge on any atom is -0.612 e. The molecule has 0 radical (unpaired) electrons. The summed E-state index contributed by atoms with van der Waals surface area (Å²) >= 11 is 1.91. The molecule has 0 aliphatic rings. The standard InChI is InChI=1S/C14H12O2S3/c15-14(2-1-12-3-6-17-9-12)11-19(16)8-5-13-4-7-18-10-13/h1-10H,11H2/b2-1-,8-5?. The van der Waals surface area contributed by atoms with Crippen LogP contribution in [0.25, 0.3) is 12.2 Å². The van der Waals surface area contributed by atoms with Gasteiger partial charge in [-0.2, -0.15) is 22.7 Å². The van der Waals surface area contributed by atoms with Crippen molar-refractivity contribution in [2.24, 2.45) is 0 Å². The Balaban J connectivity index is 1.82. The quantitative estimate of drug-likeness (QED) is 0.601. The average Bonchev–Trinajstić information content (AvgIpc) is 3.07. The maximum atomic E-state index is 11.7. The maximum Gasteiger partial charge on any atom is 0.205 e. The van der Waals surface area contributed by atoms with Gasteiger partial charge in [0, 0.05) is 0 Å². The van der Waals surface area contributed by atoms with Crippen molar-refractivity contribution in [1.82, 2.24) is 0 Å². The van der Waals surface area contributed by atoms with Gasteiger partial charge < -0.3 is 4.55 Å². The van der Waals surface area contributed by atoms with Crippen LogP contribution >= 0.6 is 22.7 Å². The number of hydrogen-bond donors (Lipinski definition) is 0. The van der Waals surface area contributed by atoms with Crippen LogP contribution in [0.3, 0.4) is 0 Å². The lowest BCUT2D eigenvalue weighted by Gasteiger charge is -2.01. The Morgan fingerprint density at radius 1 is 1.16 bits per heavy atom. The summed E-state index contributed by atoms with van der Waals surface area (Å²) in [5.41, 5.74) is 2.01. The molecule has 0 fully saturated rings. The summed E-state index contributed by atoms with van der Waals surface area (Å²) in [6.07, 6.45) is 5.01. The third kappa shape index (κ3) is 5.16. The van der Waals surface area contributed by atoms with Crippen LogP contribution in [0.1, 0.15) is 11.1 Å². The highest BCUT2D eigenvalue weighted by molar-refractivity contribution is 7.95. The van der Waals surface area contributed by atoms with E-state index in [0.717, 1.165) is 11.1 Å². The predicted octanol–water partition coefficient (Wildman–Crippen LogP) is 3.81. The minimum atomic E-state index is -1.26. The maximum absolute atomic E-state index is 11.7. The first-order chi connectivity index (χ1) is 9.24. The van der Waals surface area contributed by atoms with Crippen LogP contribution in [0, 0.1) is 0 Å². The molecule has 19 heavy (non-hydrogen) atoms. The number of carbonyl (C=O) groups excluding carboxylic acids is 1. The van der Waals surface area contributed by atoms with Gasteiger partial charge >= 0.3 is 0 Å². The topological polar surface area (TPSA) is 40.1 Å². The van der Waals surface area contributed by atoms with Crippen molar-refractivity contribution in [3.05, 3.63) is 56.3 Å². The second-order valence-corrected chi connectivity index (χ2v) is 6.62. The van der Waals surface area contributed by atoms with Crippen molar-refractivity contribution in [2.45, 2.75) is 0 Å². The van der Waals surface area contributed by atoms with Crippen molar-refractivity contribution in [1.29, 1.82) is 0 Å². The SMILES string of the molecule is O=C(/C=C\c1ccsc1)C[S+]([O-])C=Cc1ccsc1. The van der Waals surface area contributed by atoms with Crippen LogP contribution in [-0.4, -0.2) is 16.1 Å². The molecule has 98 valence electrons. The fourth-order valence-corrected chi connectivity index (χ4v) is 3.36. The van der Waals surface area contributed by atoms with E-state index in [9.17, 15) is 9.35 Å². The molecule has 0 aromatic carbocycles. The molecule has 0 bridgehead atoms. The lowest BCUT2D eigenvalue weighted by atomic mass is 10.3. The van der Waals surface area contributed by atoms with Gasteiger partial charge in [-0.3, -0.25) is 4.79 Å². The van der Waals surface area contributed by atoms with Crippen LogP contribution in [0.2, 0.25) is 0 Å². The summed E-state index contributed by atoms with van der Waals surface area (Å²) in [6.45, 7) is 0. The van der Waals surface area contributed by atoms with E-state index in [-0.39, 0.29) is 11.5 Å². The average molecular weight is 308 g/mol. The first kappa shape index (κ1) is 14.3. The molecule has 1 unspecified atom stereocenters. The van der Waals surface area contributed by atoms with Gasteiger partial charge in [0.2, 0.25) is 5.78 Å². The van der Waals surface area contributed by atoms with Crippen LogP contribution in [0.15, 0.2) is 45.1 Å². The number of hydrogen-bond acceptors (Lipinski definition) is 4.